The number of para-hydroxylation sites is 1. The third-order valence-corrected chi connectivity index (χ3v) is 4.42. The number of fused-ring (bicyclic) bond motifs is 1. The second-order valence-corrected chi connectivity index (χ2v) is 6.19. The van der Waals surface area contributed by atoms with Gasteiger partial charge in [0.1, 0.15) is 5.78 Å². The lowest BCUT2D eigenvalue weighted by atomic mass is 9.78. The van der Waals surface area contributed by atoms with Gasteiger partial charge in [-0.3, -0.25) is 9.78 Å². The highest BCUT2D eigenvalue weighted by Gasteiger charge is 2.27. The predicted molar refractivity (Wildman–Crippen MR) is 81.7 cm³/mol. The maximum Gasteiger partial charge on any atom is 0.136 e. The van der Waals surface area contributed by atoms with Gasteiger partial charge in [-0.2, -0.15) is 0 Å². The van der Waals surface area contributed by atoms with Gasteiger partial charge in [0, 0.05) is 23.4 Å². The van der Waals surface area contributed by atoms with Crippen LogP contribution in [-0.4, -0.2) is 10.8 Å². The minimum atomic E-state index is 0.198. The van der Waals surface area contributed by atoms with Gasteiger partial charge in [-0.15, -0.1) is 0 Å². The lowest BCUT2D eigenvalue weighted by Gasteiger charge is -2.26. The van der Waals surface area contributed by atoms with Crippen LogP contribution in [0.25, 0.3) is 10.9 Å². The molecule has 0 aliphatic heterocycles. The first-order valence-electron chi connectivity index (χ1n) is 7.51. The zero-order chi connectivity index (χ0) is 14.1. The summed E-state index contributed by atoms with van der Waals surface area (Å²) in [6.07, 6.45) is 3.72. The van der Waals surface area contributed by atoms with Crippen LogP contribution in [0.2, 0.25) is 0 Å². The Balaban J connectivity index is 1.95. The lowest BCUT2D eigenvalue weighted by molar-refractivity contribution is -0.125. The number of rotatable bonds is 2. The van der Waals surface area contributed by atoms with Gasteiger partial charge in [0.25, 0.3) is 0 Å². The zero-order valence-electron chi connectivity index (χ0n) is 12.2. The summed E-state index contributed by atoms with van der Waals surface area (Å²) in [7, 11) is 0. The highest BCUT2D eigenvalue weighted by atomic mass is 16.1. The van der Waals surface area contributed by atoms with Gasteiger partial charge in [0.15, 0.2) is 0 Å². The van der Waals surface area contributed by atoms with Crippen molar-refractivity contribution in [2.75, 3.05) is 0 Å². The maximum absolute atomic E-state index is 12.1. The lowest BCUT2D eigenvalue weighted by Crippen LogP contribution is -2.25. The molecule has 1 aromatic heterocycles. The molecule has 2 aromatic rings. The Hall–Kier alpha value is -1.70. The summed E-state index contributed by atoms with van der Waals surface area (Å²) >= 11 is 0. The second kappa shape index (κ2) is 5.35. The van der Waals surface area contributed by atoms with Gasteiger partial charge in [-0.25, -0.2) is 0 Å². The van der Waals surface area contributed by atoms with Crippen molar-refractivity contribution in [3.8, 4) is 0 Å². The van der Waals surface area contributed by atoms with Gasteiger partial charge in [0.2, 0.25) is 0 Å². The van der Waals surface area contributed by atoms with Crippen molar-refractivity contribution >= 4 is 16.7 Å². The third kappa shape index (κ3) is 2.60. The first kappa shape index (κ1) is 13.3. The number of carbonyl (C=O) groups excluding carboxylic acids is 1. The minimum absolute atomic E-state index is 0.198. The van der Waals surface area contributed by atoms with Gasteiger partial charge in [0.05, 0.1) is 5.52 Å². The smallest absolute Gasteiger partial charge is 0.136 e. The van der Waals surface area contributed by atoms with Crippen LogP contribution in [0.4, 0.5) is 0 Å². The Kier molecular flexibility index (Phi) is 3.56. The molecular weight excluding hydrogens is 246 g/mol. The van der Waals surface area contributed by atoms with E-state index >= 15 is 0 Å². The summed E-state index contributed by atoms with van der Waals surface area (Å²) in [4.78, 5) is 16.7. The molecular formula is C18H21NO. The fourth-order valence-corrected chi connectivity index (χ4v) is 3.35. The number of carbonyl (C=O) groups is 1. The number of hydrogen-bond donors (Lipinski definition) is 0. The maximum atomic E-state index is 12.1. The Morgan fingerprint density at radius 2 is 2.10 bits per heavy atom. The fourth-order valence-electron chi connectivity index (χ4n) is 3.35. The van der Waals surface area contributed by atoms with Crippen LogP contribution >= 0.6 is 0 Å². The number of aryl methyl sites for hydroxylation is 1. The molecule has 0 amide bonds. The number of aromatic nitrogens is 1. The van der Waals surface area contributed by atoms with E-state index in [0.29, 0.717) is 11.7 Å². The van der Waals surface area contributed by atoms with Crippen molar-refractivity contribution in [3.63, 3.8) is 0 Å². The van der Waals surface area contributed by atoms with Gasteiger partial charge in [-0.05, 0) is 49.8 Å². The van der Waals surface area contributed by atoms with Crippen molar-refractivity contribution in [1.29, 1.82) is 0 Å². The predicted octanol–water partition coefficient (Wildman–Crippen LogP) is 4.09. The van der Waals surface area contributed by atoms with Crippen molar-refractivity contribution in [2.45, 2.75) is 39.5 Å². The van der Waals surface area contributed by atoms with Gasteiger partial charge >= 0.3 is 0 Å². The molecule has 0 N–H and O–H groups in total. The summed E-state index contributed by atoms with van der Waals surface area (Å²) in [5, 5.41) is 1.20. The monoisotopic (exact) mass is 267 g/mol. The van der Waals surface area contributed by atoms with E-state index in [1.807, 2.05) is 19.1 Å². The Morgan fingerprint density at radius 3 is 2.95 bits per heavy atom. The van der Waals surface area contributed by atoms with E-state index in [0.717, 1.165) is 36.9 Å². The Morgan fingerprint density at radius 1 is 1.30 bits per heavy atom. The molecule has 1 heterocycles. The number of hydrogen-bond acceptors (Lipinski definition) is 2. The first-order valence-corrected chi connectivity index (χ1v) is 7.51. The summed E-state index contributed by atoms with van der Waals surface area (Å²) < 4.78 is 0. The number of Topliss-reactive ketones (excluding diaryl/α,β-unsaturated/α-hetero) is 1. The van der Waals surface area contributed by atoms with Crippen LogP contribution in [0.1, 0.15) is 37.4 Å². The summed E-state index contributed by atoms with van der Waals surface area (Å²) in [6, 6.07) is 10.4. The molecule has 20 heavy (non-hydrogen) atoms. The van der Waals surface area contributed by atoms with Crippen molar-refractivity contribution in [3.05, 3.63) is 41.6 Å². The van der Waals surface area contributed by atoms with E-state index < -0.39 is 0 Å². The van der Waals surface area contributed by atoms with Crippen LogP contribution < -0.4 is 0 Å². The first-order chi connectivity index (χ1) is 9.63. The highest BCUT2D eigenvalue weighted by Crippen LogP contribution is 2.30. The van der Waals surface area contributed by atoms with E-state index in [4.69, 9.17) is 0 Å². The molecule has 1 aromatic carbocycles. The van der Waals surface area contributed by atoms with Crippen LogP contribution in [0, 0.1) is 18.8 Å². The summed E-state index contributed by atoms with van der Waals surface area (Å²) in [6.45, 7) is 4.29. The largest absolute Gasteiger partial charge is 0.299 e. The molecule has 1 saturated carbocycles. The van der Waals surface area contributed by atoms with E-state index in [9.17, 15) is 4.79 Å². The molecule has 2 heteroatoms. The third-order valence-electron chi connectivity index (χ3n) is 4.42. The Labute approximate surface area is 120 Å². The average Bonchev–Trinajstić information content (AvgIpc) is 2.43. The molecule has 1 aliphatic rings. The quantitative estimate of drug-likeness (QED) is 0.820. The molecule has 1 fully saturated rings. The van der Waals surface area contributed by atoms with Crippen LogP contribution in [0.3, 0.4) is 0 Å². The number of pyridine rings is 1. The standard InChI is InChI=1S/C18H21NO/c1-12-7-8-18(20)15(9-12)11-14-10-13(2)19-17-6-4-3-5-16(14)17/h3-6,10,12,15H,7-9,11H2,1-2H3. The van der Waals surface area contributed by atoms with Crippen molar-refractivity contribution in [2.24, 2.45) is 11.8 Å². The molecule has 2 nitrogen and oxygen atoms in total. The van der Waals surface area contributed by atoms with E-state index in [1.165, 1.54) is 10.9 Å². The van der Waals surface area contributed by atoms with E-state index in [2.05, 4.69) is 30.1 Å². The number of nitrogens with zero attached hydrogens (tertiary/aromatic N) is 1. The zero-order valence-corrected chi connectivity index (χ0v) is 12.2. The topological polar surface area (TPSA) is 30.0 Å². The molecule has 104 valence electrons. The van der Waals surface area contributed by atoms with E-state index in [-0.39, 0.29) is 5.92 Å². The second-order valence-electron chi connectivity index (χ2n) is 6.19. The van der Waals surface area contributed by atoms with Crippen molar-refractivity contribution < 1.29 is 4.79 Å². The van der Waals surface area contributed by atoms with E-state index in [1.54, 1.807) is 0 Å². The van der Waals surface area contributed by atoms with Crippen LogP contribution in [0.5, 0.6) is 0 Å². The van der Waals surface area contributed by atoms with Gasteiger partial charge in [-0.1, -0.05) is 25.1 Å². The SMILES string of the molecule is Cc1cc(CC2CC(C)CCC2=O)c2ccccc2n1. The fraction of sp³-hybridized carbons (Fsp3) is 0.444. The number of benzene rings is 1. The van der Waals surface area contributed by atoms with Crippen LogP contribution in [0.15, 0.2) is 30.3 Å². The average molecular weight is 267 g/mol. The molecule has 1 aliphatic carbocycles. The molecule has 0 bridgehead atoms. The molecule has 0 saturated heterocycles. The molecule has 3 rings (SSSR count). The minimum Gasteiger partial charge on any atom is -0.299 e. The molecule has 0 spiro atoms. The van der Waals surface area contributed by atoms with Crippen molar-refractivity contribution in [1.82, 2.24) is 4.98 Å². The molecule has 2 unspecified atom stereocenters. The number of ketones is 1. The summed E-state index contributed by atoms with van der Waals surface area (Å²) in [5.41, 5.74) is 3.36. The van der Waals surface area contributed by atoms with Crippen LogP contribution in [-0.2, 0) is 11.2 Å². The highest BCUT2D eigenvalue weighted by molar-refractivity contribution is 5.85. The summed E-state index contributed by atoms with van der Waals surface area (Å²) in [5.74, 6) is 1.32. The molecule has 2 atom stereocenters. The van der Waals surface area contributed by atoms with Gasteiger partial charge < -0.3 is 0 Å². The molecule has 0 radical (unpaired) electrons. The Bertz CT molecular complexity index is 647. The normalized spacial score (nSPS) is 23.2.